The predicted molar refractivity (Wildman–Crippen MR) is 98.4 cm³/mol. The van der Waals surface area contributed by atoms with E-state index >= 15 is 0 Å². The van der Waals surface area contributed by atoms with Gasteiger partial charge in [0.05, 0.1) is 0 Å². The van der Waals surface area contributed by atoms with E-state index in [1.807, 2.05) is 24.3 Å². The van der Waals surface area contributed by atoms with Gasteiger partial charge in [0.15, 0.2) is 5.82 Å². The molecule has 0 saturated carbocycles. The Bertz CT molecular complexity index is 898. The van der Waals surface area contributed by atoms with Crippen molar-refractivity contribution < 1.29 is 9.18 Å². The highest BCUT2D eigenvalue weighted by Crippen LogP contribution is 2.26. The molecule has 3 rings (SSSR count). The van der Waals surface area contributed by atoms with Gasteiger partial charge in [-0.15, -0.1) is 11.3 Å². The second-order valence-electron chi connectivity index (χ2n) is 6.65. The lowest BCUT2D eigenvalue weighted by Crippen LogP contribution is -2.14. The van der Waals surface area contributed by atoms with Crippen LogP contribution >= 0.6 is 11.3 Å². The van der Waals surface area contributed by atoms with Crippen LogP contribution in [0.5, 0.6) is 0 Å². The normalized spacial score (nSPS) is 11.4. The predicted octanol–water partition coefficient (Wildman–Crippen LogP) is 4.89. The number of rotatable bonds is 3. The van der Waals surface area contributed by atoms with Crippen molar-refractivity contribution in [1.29, 1.82) is 0 Å². The highest BCUT2D eigenvalue weighted by Gasteiger charge is 2.16. The van der Waals surface area contributed by atoms with Gasteiger partial charge in [-0.2, -0.15) is 0 Å². The number of halogens is 1. The number of carbonyl (C=O) groups excluding carboxylic acids is 1. The molecule has 1 aromatic carbocycles. The standard InChI is InChI=1S/C19H18FN3OS/c1-19(2,3)12-6-8-13(9-7-12)22-17(24)15-11-25-18(23-15)16-14(20)5-4-10-21-16/h4-11H,1-3H3,(H,22,24). The monoisotopic (exact) mass is 355 g/mol. The van der Waals surface area contributed by atoms with Crippen LogP contribution in [0.4, 0.5) is 10.1 Å². The third-order valence-corrected chi connectivity index (χ3v) is 4.56. The Kier molecular flexibility index (Phi) is 4.63. The van der Waals surface area contributed by atoms with Crippen molar-refractivity contribution in [2.24, 2.45) is 0 Å². The van der Waals surface area contributed by atoms with Crippen LogP contribution in [-0.4, -0.2) is 15.9 Å². The smallest absolute Gasteiger partial charge is 0.275 e. The lowest BCUT2D eigenvalue weighted by atomic mass is 9.87. The molecule has 3 aromatic rings. The second kappa shape index (κ2) is 6.72. The van der Waals surface area contributed by atoms with Crippen LogP contribution < -0.4 is 5.32 Å². The first kappa shape index (κ1) is 17.2. The van der Waals surface area contributed by atoms with E-state index in [2.05, 4.69) is 36.1 Å². The van der Waals surface area contributed by atoms with E-state index in [-0.39, 0.29) is 22.7 Å². The zero-order valence-electron chi connectivity index (χ0n) is 14.2. The van der Waals surface area contributed by atoms with Crippen LogP contribution in [0.2, 0.25) is 0 Å². The maximum atomic E-state index is 13.8. The number of nitrogens with one attached hydrogen (secondary N) is 1. The summed E-state index contributed by atoms with van der Waals surface area (Å²) in [6.45, 7) is 6.40. The van der Waals surface area contributed by atoms with Gasteiger partial charge in [-0.1, -0.05) is 32.9 Å². The van der Waals surface area contributed by atoms with Gasteiger partial charge in [0.25, 0.3) is 5.91 Å². The highest BCUT2D eigenvalue weighted by atomic mass is 32.1. The minimum absolute atomic E-state index is 0.0547. The molecule has 0 saturated heterocycles. The van der Waals surface area contributed by atoms with E-state index in [0.29, 0.717) is 10.7 Å². The van der Waals surface area contributed by atoms with E-state index in [0.717, 1.165) is 0 Å². The average Bonchev–Trinajstić information content (AvgIpc) is 3.05. The molecule has 1 N–H and O–H groups in total. The van der Waals surface area contributed by atoms with Gasteiger partial charge in [-0.25, -0.2) is 9.37 Å². The molecule has 0 radical (unpaired) electrons. The van der Waals surface area contributed by atoms with E-state index in [4.69, 9.17) is 0 Å². The van der Waals surface area contributed by atoms with Gasteiger partial charge in [0.2, 0.25) is 0 Å². The largest absolute Gasteiger partial charge is 0.321 e. The number of nitrogens with zero attached hydrogens (tertiary/aromatic N) is 2. The fourth-order valence-corrected chi connectivity index (χ4v) is 3.07. The number of anilines is 1. The number of thiazole rings is 1. The minimum Gasteiger partial charge on any atom is -0.321 e. The fourth-order valence-electron chi connectivity index (χ4n) is 2.28. The van der Waals surface area contributed by atoms with Gasteiger partial charge < -0.3 is 5.32 Å². The lowest BCUT2D eigenvalue weighted by Gasteiger charge is -2.19. The number of hydrogen-bond donors (Lipinski definition) is 1. The van der Waals surface area contributed by atoms with Gasteiger partial charge in [-0.05, 0) is 35.2 Å². The third kappa shape index (κ3) is 3.91. The summed E-state index contributed by atoms with van der Waals surface area (Å²) in [6.07, 6.45) is 1.50. The molecule has 6 heteroatoms. The average molecular weight is 355 g/mol. The van der Waals surface area contributed by atoms with E-state index in [1.54, 1.807) is 5.38 Å². The Balaban J connectivity index is 1.75. The molecule has 0 bridgehead atoms. The van der Waals surface area contributed by atoms with Crippen LogP contribution in [-0.2, 0) is 5.41 Å². The van der Waals surface area contributed by atoms with Crippen molar-refractivity contribution in [2.75, 3.05) is 5.32 Å². The van der Waals surface area contributed by atoms with E-state index in [9.17, 15) is 9.18 Å². The molecule has 0 spiro atoms. The van der Waals surface area contributed by atoms with Crippen LogP contribution in [0, 0.1) is 5.82 Å². The van der Waals surface area contributed by atoms with Crippen molar-refractivity contribution in [3.05, 3.63) is 65.0 Å². The Morgan fingerprint density at radius 3 is 2.52 bits per heavy atom. The molecule has 4 nitrogen and oxygen atoms in total. The summed E-state index contributed by atoms with van der Waals surface area (Å²) in [5.41, 5.74) is 2.33. The van der Waals surface area contributed by atoms with Crippen molar-refractivity contribution in [2.45, 2.75) is 26.2 Å². The molecule has 0 fully saturated rings. The minimum atomic E-state index is -0.457. The van der Waals surface area contributed by atoms with Crippen LogP contribution in [0.15, 0.2) is 48.0 Å². The summed E-state index contributed by atoms with van der Waals surface area (Å²) >= 11 is 1.19. The van der Waals surface area contributed by atoms with Crippen molar-refractivity contribution in [3.8, 4) is 10.7 Å². The molecule has 0 aliphatic rings. The number of aromatic nitrogens is 2. The third-order valence-electron chi connectivity index (χ3n) is 3.71. The SMILES string of the molecule is CC(C)(C)c1ccc(NC(=O)c2csc(-c3ncccc3F)n2)cc1. The van der Waals surface area contributed by atoms with Crippen LogP contribution in [0.3, 0.4) is 0 Å². The highest BCUT2D eigenvalue weighted by molar-refractivity contribution is 7.13. The molecule has 1 amide bonds. The number of hydrogen-bond acceptors (Lipinski definition) is 4. The number of carbonyl (C=O) groups is 1. The lowest BCUT2D eigenvalue weighted by molar-refractivity contribution is 0.102. The van der Waals surface area contributed by atoms with Crippen molar-refractivity contribution in [3.63, 3.8) is 0 Å². The molecule has 128 valence electrons. The maximum absolute atomic E-state index is 13.8. The van der Waals surface area contributed by atoms with Crippen LogP contribution in [0.1, 0.15) is 36.8 Å². The summed E-state index contributed by atoms with van der Waals surface area (Å²) in [6, 6.07) is 10.5. The van der Waals surface area contributed by atoms with Gasteiger partial charge >= 0.3 is 0 Å². The first-order valence-corrected chi connectivity index (χ1v) is 8.71. The Hall–Kier alpha value is -2.60. The summed E-state index contributed by atoms with van der Waals surface area (Å²) in [5.74, 6) is -0.788. The molecule has 0 aliphatic carbocycles. The topological polar surface area (TPSA) is 54.9 Å². The summed E-state index contributed by atoms with van der Waals surface area (Å²) < 4.78 is 13.8. The molecular weight excluding hydrogens is 337 g/mol. The summed E-state index contributed by atoms with van der Waals surface area (Å²) in [4.78, 5) is 20.5. The van der Waals surface area contributed by atoms with Crippen molar-refractivity contribution in [1.82, 2.24) is 9.97 Å². The first-order chi connectivity index (χ1) is 11.8. The quantitative estimate of drug-likeness (QED) is 0.727. The number of pyridine rings is 1. The molecule has 0 atom stereocenters. The maximum Gasteiger partial charge on any atom is 0.275 e. The zero-order chi connectivity index (χ0) is 18.0. The van der Waals surface area contributed by atoms with Crippen LogP contribution in [0.25, 0.3) is 10.7 Å². The van der Waals surface area contributed by atoms with Gasteiger partial charge in [0.1, 0.15) is 16.4 Å². The Labute approximate surface area is 149 Å². The summed E-state index contributed by atoms with van der Waals surface area (Å²) in [7, 11) is 0. The molecule has 0 aliphatic heterocycles. The Morgan fingerprint density at radius 1 is 1.16 bits per heavy atom. The van der Waals surface area contributed by atoms with Gasteiger partial charge in [0, 0.05) is 17.3 Å². The zero-order valence-corrected chi connectivity index (χ0v) is 15.0. The molecule has 2 heterocycles. The van der Waals surface area contributed by atoms with E-state index < -0.39 is 5.82 Å². The Morgan fingerprint density at radius 2 is 1.88 bits per heavy atom. The number of benzene rings is 1. The molecule has 0 unspecified atom stereocenters. The summed E-state index contributed by atoms with van der Waals surface area (Å²) in [5, 5.41) is 4.79. The number of amides is 1. The van der Waals surface area contributed by atoms with Gasteiger partial charge in [-0.3, -0.25) is 9.78 Å². The molecule has 25 heavy (non-hydrogen) atoms. The second-order valence-corrected chi connectivity index (χ2v) is 7.51. The van der Waals surface area contributed by atoms with Crippen molar-refractivity contribution >= 4 is 22.9 Å². The molecule has 2 aromatic heterocycles. The van der Waals surface area contributed by atoms with E-state index in [1.165, 1.54) is 35.2 Å². The fraction of sp³-hybridized carbons (Fsp3) is 0.211. The molecular formula is C19H18FN3OS. The first-order valence-electron chi connectivity index (χ1n) is 7.83.